The zero-order valence-corrected chi connectivity index (χ0v) is 8.73. The van der Waals surface area contributed by atoms with Crippen LogP contribution >= 0.6 is 0 Å². The molecule has 0 spiro atoms. The van der Waals surface area contributed by atoms with E-state index in [1.807, 2.05) is 4.90 Å². The first-order chi connectivity index (χ1) is 6.45. The standard InChI is InChI=1S/C11H22N2/c1-2-4-9-13(8-3-1)10-11-6-5-7-12-11/h11-12H,1-10H2/p+2/t11-/m0/s1. The second-order valence-electron chi connectivity index (χ2n) is 4.80. The van der Waals surface area contributed by atoms with E-state index in [4.69, 9.17) is 0 Å². The van der Waals surface area contributed by atoms with E-state index in [2.05, 4.69) is 5.32 Å². The predicted octanol–water partition coefficient (Wildman–Crippen LogP) is -0.829. The van der Waals surface area contributed by atoms with Crippen molar-refractivity contribution in [2.75, 3.05) is 26.2 Å². The van der Waals surface area contributed by atoms with E-state index in [1.165, 1.54) is 64.7 Å². The molecule has 0 radical (unpaired) electrons. The highest BCUT2D eigenvalue weighted by atomic mass is 15.2. The third kappa shape index (κ3) is 2.96. The third-order valence-electron chi connectivity index (χ3n) is 3.64. The number of hydrogen-bond donors (Lipinski definition) is 2. The second kappa shape index (κ2) is 4.97. The van der Waals surface area contributed by atoms with Gasteiger partial charge in [-0.25, -0.2) is 0 Å². The molecule has 76 valence electrons. The van der Waals surface area contributed by atoms with E-state index >= 15 is 0 Å². The van der Waals surface area contributed by atoms with Crippen LogP contribution in [0.2, 0.25) is 0 Å². The van der Waals surface area contributed by atoms with Gasteiger partial charge < -0.3 is 10.2 Å². The maximum absolute atomic E-state index is 2.57. The first kappa shape index (κ1) is 9.47. The minimum absolute atomic E-state index is 0.966. The molecule has 0 unspecified atom stereocenters. The highest BCUT2D eigenvalue weighted by molar-refractivity contribution is 4.58. The van der Waals surface area contributed by atoms with E-state index in [1.54, 1.807) is 0 Å². The second-order valence-corrected chi connectivity index (χ2v) is 4.80. The van der Waals surface area contributed by atoms with Crippen molar-refractivity contribution in [2.45, 2.75) is 44.6 Å². The molecule has 2 fully saturated rings. The molecule has 2 aliphatic rings. The molecule has 0 aromatic rings. The summed E-state index contributed by atoms with van der Waals surface area (Å²) < 4.78 is 0. The number of quaternary nitrogens is 2. The lowest BCUT2D eigenvalue weighted by Gasteiger charge is -2.18. The maximum Gasteiger partial charge on any atom is 0.136 e. The van der Waals surface area contributed by atoms with Crippen molar-refractivity contribution in [3.8, 4) is 0 Å². The van der Waals surface area contributed by atoms with Crippen molar-refractivity contribution < 1.29 is 10.2 Å². The van der Waals surface area contributed by atoms with Gasteiger partial charge in [0, 0.05) is 12.8 Å². The van der Waals surface area contributed by atoms with Gasteiger partial charge in [0.15, 0.2) is 0 Å². The fourth-order valence-corrected chi connectivity index (χ4v) is 2.84. The average molecular weight is 184 g/mol. The molecule has 0 bridgehead atoms. The van der Waals surface area contributed by atoms with Crippen LogP contribution in [-0.2, 0) is 0 Å². The van der Waals surface area contributed by atoms with Crippen LogP contribution in [0, 0.1) is 0 Å². The Bertz CT molecular complexity index is 133. The van der Waals surface area contributed by atoms with Gasteiger partial charge in [0.25, 0.3) is 0 Å². The molecule has 2 heterocycles. The van der Waals surface area contributed by atoms with Crippen LogP contribution in [0.4, 0.5) is 0 Å². The number of likely N-dealkylation sites (tertiary alicyclic amines) is 1. The Labute approximate surface area is 81.7 Å². The van der Waals surface area contributed by atoms with Gasteiger partial charge in [0.05, 0.1) is 19.6 Å². The van der Waals surface area contributed by atoms with Crippen molar-refractivity contribution in [3.63, 3.8) is 0 Å². The quantitative estimate of drug-likeness (QED) is 0.559. The van der Waals surface area contributed by atoms with Crippen molar-refractivity contribution in [1.29, 1.82) is 0 Å². The van der Waals surface area contributed by atoms with Gasteiger partial charge in [-0.3, -0.25) is 0 Å². The minimum atomic E-state index is 0.966. The Morgan fingerprint density at radius 3 is 2.38 bits per heavy atom. The van der Waals surface area contributed by atoms with Gasteiger partial charge >= 0.3 is 0 Å². The lowest BCUT2D eigenvalue weighted by atomic mass is 10.2. The Morgan fingerprint density at radius 1 is 1.00 bits per heavy atom. The average Bonchev–Trinajstić information content (AvgIpc) is 2.49. The number of nitrogens with one attached hydrogen (secondary N) is 1. The van der Waals surface area contributed by atoms with E-state index in [0.29, 0.717) is 0 Å². The first-order valence-electron chi connectivity index (χ1n) is 6.12. The van der Waals surface area contributed by atoms with Crippen molar-refractivity contribution in [2.24, 2.45) is 0 Å². The summed E-state index contributed by atoms with van der Waals surface area (Å²) in [6.07, 6.45) is 8.85. The molecule has 2 rings (SSSR count). The summed E-state index contributed by atoms with van der Waals surface area (Å²) in [5, 5.41) is 2.57. The minimum Gasteiger partial charge on any atom is -0.339 e. The molecule has 13 heavy (non-hydrogen) atoms. The fraction of sp³-hybridized carbons (Fsp3) is 1.00. The van der Waals surface area contributed by atoms with Crippen LogP contribution in [0.15, 0.2) is 0 Å². The molecule has 2 nitrogen and oxygen atoms in total. The van der Waals surface area contributed by atoms with Gasteiger partial charge in [-0.1, -0.05) is 0 Å². The molecular formula is C11H24N2+2. The van der Waals surface area contributed by atoms with Crippen molar-refractivity contribution in [1.82, 2.24) is 0 Å². The molecule has 2 aliphatic heterocycles. The largest absolute Gasteiger partial charge is 0.339 e. The highest BCUT2D eigenvalue weighted by Gasteiger charge is 2.24. The van der Waals surface area contributed by atoms with Gasteiger partial charge in [-0.05, 0) is 25.7 Å². The molecule has 3 N–H and O–H groups in total. The zero-order chi connectivity index (χ0) is 8.93. The summed E-state index contributed by atoms with van der Waals surface area (Å²) in [5.41, 5.74) is 0. The zero-order valence-electron chi connectivity index (χ0n) is 8.73. The molecule has 2 heteroatoms. The molecule has 2 saturated heterocycles. The summed E-state index contributed by atoms with van der Waals surface area (Å²) in [6, 6.07) is 0.966. The Hall–Kier alpha value is -0.0800. The molecular weight excluding hydrogens is 160 g/mol. The summed E-state index contributed by atoms with van der Waals surface area (Å²) in [4.78, 5) is 1.89. The highest BCUT2D eigenvalue weighted by Crippen LogP contribution is 2.00. The van der Waals surface area contributed by atoms with Crippen LogP contribution in [0.1, 0.15) is 38.5 Å². The van der Waals surface area contributed by atoms with Crippen LogP contribution < -0.4 is 10.2 Å². The van der Waals surface area contributed by atoms with Gasteiger partial charge in [-0.2, -0.15) is 0 Å². The molecule has 0 amide bonds. The van der Waals surface area contributed by atoms with E-state index in [0.717, 1.165) is 6.04 Å². The molecule has 0 aromatic carbocycles. The predicted molar refractivity (Wildman–Crippen MR) is 53.8 cm³/mol. The van der Waals surface area contributed by atoms with Gasteiger partial charge in [0.2, 0.25) is 0 Å². The van der Waals surface area contributed by atoms with Crippen molar-refractivity contribution in [3.05, 3.63) is 0 Å². The molecule has 0 aliphatic carbocycles. The Morgan fingerprint density at radius 2 is 1.77 bits per heavy atom. The van der Waals surface area contributed by atoms with Gasteiger partial charge in [-0.15, -0.1) is 0 Å². The van der Waals surface area contributed by atoms with E-state index in [9.17, 15) is 0 Å². The lowest BCUT2D eigenvalue weighted by molar-refractivity contribution is -0.916. The fourth-order valence-electron chi connectivity index (χ4n) is 2.84. The molecule has 1 atom stereocenters. The first-order valence-corrected chi connectivity index (χ1v) is 6.12. The number of rotatable bonds is 2. The molecule has 0 saturated carbocycles. The number of hydrogen-bond acceptors (Lipinski definition) is 0. The lowest BCUT2D eigenvalue weighted by Crippen LogP contribution is -3.15. The normalized spacial score (nSPS) is 31.8. The van der Waals surface area contributed by atoms with Crippen LogP contribution in [0.5, 0.6) is 0 Å². The summed E-state index contributed by atoms with van der Waals surface area (Å²) in [6.45, 7) is 5.73. The monoisotopic (exact) mass is 184 g/mol. The van der Waals surface area contributed by atoms with Gasteiger partial charge in [0.1, 0.15) is 12.6 Å². The summed E-state index contributed by atoms with van der Waals surface area (Å²) in [7, 11) is 0. The third-order valence-corrected chi connectivity index (χ3v) is 3.64. The SMILES string of the molecule is C1CCC[NH+](C[C@@H]2CCC[NH2+]2)CC1. The van der Waals surface area contributed by atoms with E-state index in [-0.39, 0.29) is 0 Å². The smallest absolute Gasteiger partial charge is 0.136 e. The summed E-state index contributed by atoms with van der Waals surface area (Å²) in [5.74, 6) is 0. The molecule has 0 aromatic heterocycles. The number of nitrogens with two attached hydrogens (primary N) is 1. The topological polar surface area (TPSA) is 21.1 Å². The summed E-state index contributed by atoms with van der Waals surface area (Å²) >= 11 is 0. The van der Waals surface area contributed by atoms with Crippen LogP contribution in [0.3, 0.4) is 0 Å². The Balaban J connectivity index is 1.71. The van der Waals surface area contributed by atoms with Crippen molar-refractivity contribution >= 4 is 0 Å². The van der Waals surface area contributed by atoms with Crippen LogP contribution in [0.25, 0.3) is 0 Å². The Kier molecular flexibility index (Phi) is 3.62. The van der Waals surface area contributed by atoms with Crippen LogP contribution in [-0.4, -0.2) is 32.2 Å². The maximum atomic E-state index is 2.57. The van der Waals surface area contributed by atoms with E-state index < -0.39 is 0 Å².